The molecule has 6 heteroatoms. The predicted molar refractivity (Wildman–Crippen MR) is 103 cm³/mol. The van der Waals surface area contributed by atoms with E-state index >= 15 is 0 Å². The van der Waals surface area contributed by atoms with E-state index in [-0.39, 0.29) is 17.8 Å². The molecule has 132 valence electrons. The number of aliphatic imine (C=N–C) groups is 3. The smallest absolute Gasteiger partial charge is 0.135 e. The summed E-state index contributed by atoms with van der Waals surface area (Å²) in [7, 11) is 1.66. The average Bonchev–Trinajstić information content (AvgIpc) is 2.76. The molecule has 0 N–H and O–H groups in total. The van der Waals surface area contributed by atoms with Gasteiger partial charge in [0.05, 0.1) is 23.5 Å². The average molecular weight is 372 g/mol. The lowest BCUT2D eigenvalue weighted by atomic mass is 9.93. The fraction of sp³-hybridized carbons (Fsp3) is 0.150. The van der Waals surface area contributed by atoms with E-state index < -0.39 is 11.6 Å². The van der Waals surface area contributed by atoms with Crippen LogP contribution in [0.3, 0.4) is 0 Å². The first kappa shape index (κ1) is 18.1. The van der Waals surface area contributed by atoms with E-state index in [1.54, 1.807) is 44.6 Å². The van der Waals surface area contributed by atoms with Crippen molar-refractivity contribution >= 4 is 29.2 Å². The largest absolute Gasteiger partial charge is 0.288 e. The maximum atomic E-state index is 14.4. The molecule has 0 fully saturated rings. The van der Waals surface area contributed by atoms with Crippen LogP contribution in [0.4, 0.5) is 8.78 Å². The summed E-state index contributed by atoms with van der Waals surface area (Å²) in [6.07, 6.45) is 3.31. The second-order valence-corrected chi connectivity index (χ2v) is 6.02. The molecule has 3 rings (SSSR count). The molecule has 0 radical (unpaired) electrons. The quantitative estimate of drug-likeness (QED) is 0.676. The van der Waals surface area contributed by atoms with Crippen LogP contribution in [0.25, 0.3) is 0 Å². The zero-order valence-electron chi connectivity index (χ0n) is 14.3. The molecule has 0 bridgehead atoms. The summed E-state index contributed by atoms with van der Waals surface area (Å²) >= 11 is 6.15. The van der Waals surface area contributed by atoms with Gasteiger partial charge in [-0.25, -0.2) is 8.78 Å². The molecule has 0 saturated carbocycles. The van der Waals surface area contributed by atoms with E-state index in [1.807, 2.05) is 0 Å². The number of hydrogen-bond acceptors (Lipinski definition) is 3. The molecule has 0 spiro atoms. The maximum absolute atomic E-state index is 14.4. The highest BCUT2D eigenvalue weighted by Crippen LogP contribution is 2.28. The van der Waals surface area contributed by atoms with Crippen LogP contribution in [-0.4, -0.2) is 31.2 Å². The monoisotopic (exact) mass is 371 g/mol. The standard InChI is InChI=1S/C20H16ClF2N3/c1-3-25-10-12-11-26-20(18-16(22)5-4-6-17(18)23)15-9-13(21)7-8-14(15)19(12)24-2/h3-10H,11H2,1-2H3/b12-10-,24-19?,25-3?. The van der Waals surface area contributed by atoms with Gasteiger partial charge in [-0.1, -0.05) is 23.7 Å². The summed E-state index contributed by atoms with van der Waals surface area (Å²) in [5.74, 6) is -1.35. The molecule has 26 heavy (non-hydrogen) atoms. The third-order valence-corrected chi connectivity index (χ3v) is 4.24. The van der Waals surface area contributed by atoms with Crippen LogP contribution in [0.5, 0.6) is 0 Å². The zero-order valence-corrected chi connectivity index (χ0v) is 15.1. The lowest BCUT2D eigenvalue weighted by Gasteiger charge is -2.13. The van der Waals surface area contributed by atoms with Crippen LogP contribution in [-0.2, 0) is 0 Å². The summed E-state index contributed by atoms with van der Waals surface area (Å²) in [6.45, 7) is 1.99. The van der Waals surface area contributed by atoms with Gasteiger partial charge in [0.15, 0.2) is 0 Å². The van der Waals surface area contributed by atoms with Crippen molar-refractivity contribution in [2.45, 2.75) is 6.92 Å². The molecular formula is C20H16ClF2N3. The molecule has 1 heterocycles. The minimum absolute atomic E-state index is 0.174. The Bertz CT molecular complexity index is 955. The van der Waals surface area contributed by atoms with Crippen LogP contribution in [0.15, 0.2) is 63.1 Å². The number of fused-ring (bicyclic) bond motifs is 1. The molecule has 3 nitrogen and oxygen atoms in total. The van der Waals surface area contributed by atoms with E-state index in [9.17, 15) is 8.78 Å². The lowest BCUT2D eigenvalue weighted by Crippen LogP contribution is -2.13. The van der Waals surface area contributed by atoms with Crippen molar-refractivity contribution in [2.75, 3.05) is 13.6 Å². The van der Waals surface area contributed by atoms with Gasteiger partial charge in [-0.15, -0.1) is 0 Å². The molecule has 0 unspecified atom stereocenters. The third-order valence-electron chi connectivity index (χ3n) is 4.01. The van der Waals surface area contributed by atoms with Crippen molar-refractivity contribution in [3.63, 3.8) is 0 Å². The number of rotatable bonds is 2. The van der Waals surface area contributed by atoms with Gasteiger partial charge >= 0.3 is 0 Å². The van der Waals surface area contributed by atoms with Crippen LogP contribution >= 0.6 is 11.6 Å². The van der Waals surface area contributed by atoms with Gasteiger partial charge < -0.3 is 0 Å². The Morgan fingerprint density at radius 3 is 2.50 bits per heavy atom. The molecule has 0 amide bonds. The van der Waals surface area contributed by atoms with Crippen molar-refractivity contribution in [2.24, 2.45) is 15.0 Å². The first-order chi connectivity index (χ1) is 12.6. The number of nitrogens with zero attached hydrogens (tertiary/aromatic N) is 3. The minimum atomic E-state index is -0.677. The third kappa shape index (κ3) is 3.35. The summed E-state index contributed by atoms with van der Waals surface area (Å²) in [4.78, 5) is 13.0. The van der Waals surface area contributed by atoms with Crippen LogP contribution < -0.4 is 0 Å². The minimum Gasteiger partial charge on any atom is -0.288 e. The Hall–Kier alpha value is -2.66. The van der Waals surface area contributed by atoms with Gasteiger partial charge in [-0.05, 0) is 31.2 Å². The molecule has 1 aliphatic heterocycles. The highest BCUT2D eigenvalue weighted by atomic mass is 35.5. The summed E-state index contributed by atoms with van der Waals surface area (Å²) in [5, 5.41) is 0.447. The van der Waals surface area contributed by atoms with Crippen LogP contribution in [0.2, 0.25) is 5.02 Å². The second kappa shape index (κ2) is 7.70. The van der Waals surface area contributed by atoms with E-state index in [1.165, 1.54) is 18.2 Å². The maximum Gasteiger partial charge on any atom is 0.135 e. The van der Waals surface area contributed by atoms with Crippen molar-refractivity contribution in [3.8, 4) is 0 Å². The van der Waals surface area contributed by atoms with Gasteiger partial charge in [0.1, 0.15) is 11.6 Å². The normalized spacial score (nSPS) is 17.5. The highest BCUT2D eigenvalue weighted by molar-refractivity contribution is 6.32. The number of hydrogen-bond donors (Lipinski definition) is 0. The first-order valence-electron chi connectivity index (χ1n) is 8.00. The van der Waals surface area contributed by atoms with Gasteiger partial charge in [-0.3, -0.25) is 15.0 Å². The van der Waals surface area contributed by atoms with Crippen LogP contribution in [0, 0.1) is 11.6 Å². The Morgan fingerprint density at radius 2 is 1.85 bits per heavy atom. The summed E-state index contributed by atoms with van der Waals surface area (Å²) in [6, 6.07) is 8.89. The molecule has 0 atom stereocenters. The first-order valence-corrected chi connectivity index (χ1v) is 8.37. The number of halogens is 3. The fourth-order valence-corrected chi connectivity index (χ4v) is 3.06. The van der Waals surface area contributed by atoms with Crippen molar-refractivity contribution in [1.29, 1.82) is 0 Å². The Kier molecular flexibility index (Phi) is 5.38. The predicted octanol–water partition coefficient (Wildman–Crippen LogP) is 4.86. The fourth-order valence-electron chi connectivity index (χ4n) is 2.88. The van der Waals surface area contributed by atoms with E-state index in [2.05, 4.69) is 15.0 Å². The second-order valence-electron chi connectivity index (χ2n) is 5.59. The molecule has 2 aromatic carbocycles. The lowest BCUT2D eigenvalue weighted by molar-refractivity contribution is 0.579. The van der Waals surface area contributed by atoms with E-state index in [0.29, 0.717) is 21.9 Å². The SMILES string of the molecule is CC=N/C=C1/CN=C(c2c(F)cccc2F)c2cc(Cl)ccc2C1=NC. The van der Waals surface area contributed by atoms with Gasteiger partial charge in [0, 0.05) is 41.2 Å². The Labute approximate surface area is 155 Å². The molecule has 2 aromatic rings. The summed E-state index contributed by atoms with van der Waals surface area (Å²) in [5.41, 5.74) is 2.69. The highest BCUT2D eigenvalue weighted by Gasteiger charge is 2.25. The van der Waals surface area contributed by atoms with Gasteiger partial charge in [0.2, 0.25) is 0 Å². The molecular weight excluding hydrogens is 356 g/mol. The van der Waals surface area contributed by atoms with Gasteiger partial charge in [0.25, 0.3) is 0 Å². The molecule has 0 aromatic heterocycles. The Balaban J connectivity index is 2.33. The van der Waals surface area contributed by atoms with Gasteiger partial charge in [-0.2, -0.15) is 0 Å². The molecule has 1 aliphatic rings. The van der Waals surface area contributed by atoms with E-state index in [4.69, 9.17) is 11.6 Å². The molecule has 0 aliphatic carbocycles. The zero-order chi connectivity index (χ0) is 18.7. The van der Waals surface area contributed by atoms with Crippen molar-refractivity contribution < 1.29 is 8.78 Å². The molecule has 0 saturated heterocycles. The summed E-state index contributed by atoms with van der Waals surface area (Å²) < 4.78 is 28.8. The number of benzene rings is 2. The Morgan fingerprint density at radius 1 is 1.12 bits per heavy atom. The van der Waals surface area contributed by atoms with E-state index in [0.717, 1.165) is 5.57 Å². The van der Waals surface area contributed by atoms with Crippen LogP contribution in [0.1, 0.15) is 23.6 Å². The van der Waals surface area contributed by atoms with Crippen molar-refractivity contribution in [1.82, 2.24) is 0 Å². The van der Waals surface area contributed by atoms with Crippen molar-refractivity contribution in [3.05, 3.63) is 81.5 Å². The topological polar surface area (TPSA) is 37.1 Å².